The van der Waals surface area contributed by atoms with Gasteiger partial charge in [0.15, 0.2) is 6.61 Å². The number of esters is 1. The highest BCUT2D eigenvalue weighted by molar-refractivity contribution is 9.12. The normalized spacial score (nSPS) is 25.5. The number of fused-ring (bicyclic) bond motifs is 1. The number of amides is 3. The smallest absolute Gasteiger partial charge is 0.416 e. The molecule has 1 aromatic rings. The summed E-state index contributed by atoms with van der Waals surface area (Å²) in [5.74, 6) is -3.93. The Morgan fingerprint density at radius 2 is 1.69 bits per heavy atom. The van der Waals surface area contributed by atoms with Crippen molar-refractivity contribution in [2.75, 3.05) is 18.5 Å². The van der Waals surface area contributed by atoms with Crippen molar-refractivity contribution in [2.24, 2.45) is 11.8 Å². The summed E-state index contributed by atoms with van der Waals surface area (Å²) in [6.07, 6.45) is -3.75. The second-order valence-electron chi connectivity index (χ2n) is 7.38. The number of benzene rings is 1. The number of ether oxygens (including phenoxy) is 1. The van der Waals surface area contributed by atoms with E-state index in [4.69, 9.17) is 16.3 Å². The zero-order chi connectivity index (χ0) is 23.8. The van der Waals surface area contributed by atoms with Gasteiger partial charge in [0.1, 0.15) is 6.54 Å². The van der Waals surface area contributed by atoms with Gasteiger partial charge in [-0.05, 0) is 31.0 Å². The molecule has 0 aromatic heterocycles. The Kier molecular flexibility index (Phi) is 7.55. The van der Waals surface area contributed by atoms with E-state index in [1.54, 1.807) is 0 Å². The second kappa shape index (κ2) is 9.68. The third kappa shape index (κ3) is 5.45. The fraction of sp³-hybridized carbons (Fsp3) is 0.474. The van der Waals surface area contributed by atoms with Gasteiger partial charge in [0, 0.05) is 9.65 Å². The average Bonchev–Trinajstić information content (AvgIpc) is 2.92. The minimum Gasteiger partial charge on any atom is -0.454 e. The van der Waals surface area contributed by atoms with Gasteiger partial charge in [-0.2, -0.15) is 13.2 Å². The van der Waals surface area contributed by atoms with Gasteiger partial charge in [-0.1, -0.05) is 43.5 Å². The van der Waals surface area contributed by atoms with E-state index in [9.17, 15) is 32.3 Å². The minimum absolute atomic E-state index is 0.0127. The number of hydrogen-bond donors (Lipinski definition) is 1. The van der Waals surface area contributed by atoms with Gasteiger partial charge < -0.3 is 10.1 Å². The molecule has 0 bridgehead atoms. The van der Waals surface area contributed by atoms with Crippen LogP contribution in [0.2, 0.25) is 5.02 Å². The predicted octanol–water partition coefficient (Wildman–Crippen LogP) is 3.76. The molecule has 174 valence electrons. The van der Waals surface area contributed by atoms with Crippen LogP contribution in [0.25, 0.3) is 0 Å². The third-order valence-electron chi connectivity index (χ3n) is 5.22. The summed E-state index contributed by atoms with van der Waals surface area (Å²) < 4.78 is 43.2. The number of likely N-dealkylation sites (tertiary alicyclic amines) is 1. The zero-order valence-electron chi connectivity index (χ0n) is 16.1. The lowest BCUT2D eigenvalue weighted by molar-refractivity contribution is -0.154. The van der Waals surface area contributed by atoms with E-state index in [1.807, 2.05) is 0 Å². The summed E-state index contributed by atoms with van der Waals surface area (Å²) in [6, 6.07) is 2.39. The Balaban J connectivity index is 1.55. The van der Waals surface area contributed by atoms with E-state index in [1.165, 1.54) is 0 Å². The Morgan fingerprint density at radius 3 is 2.22 bits per heavy atom. The number of halogens is 6. The SMILES string of the molecule is O=C(COC(=O)CN1C(=O)[C@H]2C[C@@H](Br)[C@@H](Br)C[C@H]2C1=O)Nc1cc(C(F)(F)F)ccc1Cl. The van der Waals surface area contributed by atoms with Crippen LogP contribution in [0.5, 0.6) is 0 Å². The minimum atomic E-state index is -4.63. The highest BCUT2D eigenvalue weighted by Crippen LogP contribution is 2.43. The summed E-state index contributed by atoms with van der Waals surface area (Å²) >= 11 is 12.7. The van der Waals surface area contributed by atoms with Gasteiger partial charge in [0.05, 0.1) is 28.1 Å². The molecule has 1 aliphatic carbocycles. The first kappa shape index (κ1) is 25.0. The first-order valence-electron chi connectivity index (χ1n) is 9.34. The van der Waals surface area contributed by atoms with Gasteiger partial charge in [-0.15, -0.1) is 0 Å². The number of carbonyl (C=O) groups is 4. The van der Waals surface area contributed by atoms with Gasteiger partial charge in [-0.25, -0.2) is 0 Å². The Morgan fingerprint density at radius 1 is 1.12 bits per heavy atom. The summed E-state index contributed by atoms with van der Waals surface area (Å²) in [5.41, 5.74) is -1.32. The number of alkyl halides is 5. The van der Waals surface area contributed by atoms with Crippen molar-refractivity contribution in [1.29, 1.82) is 0 Å². The van der Waals surface area contributed by atoms with Crippen molar-refractivity contribution in [1.82, 2.24) is 4.90 Å². The topological polar surface area (TPSA) is 92.8 Å². The standard InChI is InChI=1S/C19H16Br2ClF3N2O5/c20-11-4-9-10(5-12(11)21)18(31)27(17(9)30)6-16(29)32-7-15(28)26-14-3-8(19(23,24)25)1-2-13(14)22/h1-3,9-12H,4-7H2,(H,26,28)/t9-,10+,11+,12-. The quantitative estimate of drug-likeness (QED) is 0.314. The van der Waals surface area contributed by atoms with Crippen LogP contribution >= 0.6 is 43.5 Å². The van der Waals surface area contributed by atoms with E-state index in [-0.39, 0.29) is 20.4 Å². The van der Waals surface area contributed by atoms with Crippen LogP contribution in [0.3, 0.4) is 0 Å². The molecule has 2 aliphatic rings. The van der Waals surface area contributed by atoms with Crippen molar-refractivity contribution < 1.29 is 37.1 Å². The number of hydrogen-bond acceptors (Lipinski definition) is 5. The van der Waals surface area contributed by atoms with Crippen molar-refractivity contribution in [3.63, 3.8) is 0 Å². The number of anilines is 1. The molecular formula is C19H16Br2ClF3N2O5. The zero-order valence-corrected chi connectivity index (χ0v) is 20.1. The fourth-order valence-corrected chi connectivity index (χ4v) is 5.03. The van der Waals surface area contributed by atoms with Gasteiger partial charge in [0.2, 0.25) is 11.8 Å². The molecule has 1 heterocycles. The maximum Gasteiger partial charge on any atom is 0.416 e. The molecule has 1 saturated heterocycles. The third-order valence-corrected chi connectivity index (χ3v) is 8.29. The van der Waals surface area contributed by atoms with E-state index in [0.717, 1.165) is 17.0 Å². The molecule has 1 N–H and O–H groups in total. The Bertz CT molecular complexity index is 933. The van der Waals surface area contributed by atoms with E-state index in [2.05, 4.69) is 37.2 Å². The van der Waals surface area contributed by atoms with E-state index >= 15 is 0 Å². The molecule has 4 atom stereocenters. The van der Waals surface area contributed by atoms with Gasteiger partial charge in [-0.3, -0.25) is 24.1 Å². The molecule has 2 fully saturated rings. The van der Waals surface area contributed by atoms with Crippen molar-refractivity contribution in [3.8, 4) is 0 Å². The molecule has 0 radical (unpaired) electrons. The second-order valence-corrected chi connectivity index (χ2v) is 10.1. The number of rotatable bonds is 5. The summed E-state index contributed by atoms with van der Waals surface area (Å²) in [7, 11) is 0. The van der Waals surface area contributed by atoms with Crippen LogP contribution in [0.15, 0.2) is 18.2 Å². The highest BCUT2D eigenvalue weighted by Gasteiger charge is 2.52. The fourth-order valence-electron chi connectivity index (χ4n) is 3.62. The van der Waals surface area contributed by atoms with Crippen LogP contribution in [-0.2, 0) is 30.1 Å². The van der Waals surface area contributed by atoms with Crippen LogP contribution in [0.1, 0.15) is 18.4 Å². The number of carbonyl (C=O) groups excluding carboxylic acids is 4. The Labute approximate surface area is 202 Å². The van der Waals surface area contributed by atoms with Crippen molar-refractivity contribution in [2.45, 2.75) is 28.7 Å². The largest absolute Gasteiger partial charge is 0.454 e. The summed E-state index contributed by atoms with van der Waals surface area (Å²) in [4.78, 5) is 50.0. The molecule has 3 rings (SSSR count). The molecule has 3 amide bonds. The van der Waals surface area contributed by atoms with Crippen LogP contribution in [0.4, 0.5) is 18.9 Å². The van der Waals surface area contributed by atoms with E-state index in [0.29, 0.717) is 18.9 Å². The highest BCUT2D eigenvalue weighted by atomic mass is 79.9. The van der Waals surface area contributed by atoms with Crippen LogP contribution in [0, 0.1) is 11.8 Å². The lowest BCUT2D eigenvalue weighted by atomic mass is 9.81. The molecule has 13 heteroatoms. The van der Waals surface area contributed by atoms with E-state index < -0.39 is 60.4 Å². The molecule has 1 saturated carbocycles. The molecule has 0 unspecified atom stereocenters. The maximum atomic E-state index is 12.8. The van der Waals surface area contributed by atoms with Crippen LogP contribution < -0.4 is 5.32 Å². The molecule has 7 nitrogen and oxygen atoms in total. The first-order chi connectivity index (χ1) is 14.9. The van der Waals surface area contributed by atoms with Gasteiger partial charge in [0.25, 0.3) is 5.91 Å². The van der Waals surface area contributed by atoms with Crippen molar-refractivity contribution in [3.05, 3.63) is 28.8 Å². The molecular weight excluding hydrogens is 588 g/mol. The number of imide groups is 1. The lowest BCUT2D eigenvalue weighted by Crippen LogP contribution is -2.37. The molecule has 1 aromatic carbocycles. The molecule has 0 spiro atoms. The molecule has 32 heavy (non-hydrogen) atoms. The summed E-state index contributed by atoms with van der Waals surface area (Å²) in [6.45, 7) is -1.48. The average molecular weight is 605 g/mol. The summed E-state index contributed by atoms with van der Waals surface area (Å²) in [5, 5.41) is 2.00. The maximum absolute atomic E-state index is 12.8. The number of nitrogens with zero attached hydrogens (tertiary/aromatic N) is 1. The lowest BCUT2D eigenvalue weighted by Gasteiger charge is -2.29. The first-order valence-corrected chi connectivity index (χ1v) is 11.5. The monoisotopic (exact) mass is 602 g/mol. The number of nitrogens with one attached hydrogen (secondary N) is 1. The molecule has 1 aliphatic heterocycles. The Hall–Kier alpha value is -1.66. The van der Waals surface area contributed by atoms with Crippen LogP contribution in [-0.4, -0.2) is 51.4 Å². The van der Waals surface area contributed by atoms with Gasteiger partial charge >= 0.3 is 12.1 Å². The van der Waals surface area contributed by atoms with Crippen molar-refractivity contribution >= 4 is 72.8 Å². The predicted molar refractivity (Wildman–Crippen MR) is 114 cm³/mol.